The zero-order chi connectivity index (χ0) is 13.8. The molecule has 0 unspecified atom stereocenters. The van der Waals surface area contributed by atoms with E-state index in [1.54, 1.807) is 0 Å². The van der Waals surface area contributed by atoms with E-state index in [2.05, 4.69) is 36.4 Å². The minimum absolute atomic E-state index is 0.211. The molecule has 0 spiro atoms. The van der Waals surface area contributed by atoms with Crippen LogP contribution in [0.1, 0.15) is 24.0 Å². The van der Waals surface area contributed by atoms with Gasteiger partial charge in [0.1, 0.15) is 12.4 Å². The molecule has 2 heteroatoms. The Morgan fingerprint density at radius 1 is 0.950 bits per heavy atom. The van der Waals surface area contributed by atoms with Gasteiger partial charge in [-0.05, 0) is 42.5 Å². The molecule has 0 radical (unpaired) electrons. The molecule has 2 aromatic carbocycles. The van der Waals surface area contributed by atoms with Gasteiger partial charge in [-0.15, -0.1) is 0 Å². The van der Waals surface area contributed by atoms with Crippen molar-refractivity contribution in [2.45, 2.75) is 19.3 Å². The van der Waals surface area contributed by atoms with Crippen LogP contribution >= 0.6 is 0 Å². The average Bonchev–Trinajstić information content (AvgIpc) is 3.32. The van der Waals surface area contributed by atoms with E-state index in [-0.39, 0.29) is 18.3 Å². The summed E-state index contributed by atoms with van der Waals surface area (Å²) in [5.41, 5.74) is 2.54. The van der Waals surface area contributed by atoms with Crippen LogP contribution in [0.4, 0.5) is 0 Å². The van der Waals surface area contributed by atoms with Gasteiger partial charge in [0.05, 0.1) is 0 Å². The Morgan fingerprint density at radius 3 is 2.25 bits per heavy atom. The molecule has 1 saturated carbocycles. The molecule has 3 rings (SSSR count). The average molecular weight is 266 g/mol. The van der Waals surface area contributed by atoms with Crippen molar-refractivity contribution in [3.05, 3.63) is 65.7 Å². The van der Waals surface area contributed by atoms with Crippen LogP contribution in [-0.2, 0) is 11.2 Å². The van der Waals surface area contributed by atoms with E-state index in [9.17, 15) is 4.79 Å². The number of ketones is 1. The van der Waals surface area contributed by atoms with Gasteiger partial charge in [-0.2, -0.15) is 0 Å². The van der Waals surface area contributed by atoms with Crippen molar-refractivity contribution in [1.29, 1.82) is 0 Å². The van der Waals surface area contributed by atoms with Gasteiger partial charge in [0.15, 0.2) is 5.78 Å². The standard InChI is InChI=1S/C18H18O2/c19-18(16-8-9-16)13-20-17-10-6-15(7-11-17)12-14-4-2-1-3-5-14/h1-7,10-11,16H,8-9,12-13H2. The van der Waals surface area contributed by atoms with E-state index in [0.29, 0.717) is 0 Å². The van der Waals surface area contributed by atoms with E-state index in [4.69, 9.17) is 4.74 Å². The first-order valence-corrected chi connectivity index (χ1v) is 7.09. The summed E-state index contributed by atoms with van der Waals surface area (Å²) in [6.07, 6.45) is 3.00. The topological polar surface area (TPSA) is 26.3 Å². The second kappa shape index (κ2) is 5.91. The highest BCUT2D eigenvalue weighted by molar-refractivity contribution is 5.84. The highest BCUT2D eigenvalue weighted by Gasteiger charge is 2.29. The molecule has 102 valence electrons. The molecule has 2 aromatic rings. The molecule has 1 aliphatic carbocycles. The fraction of sp³-hybridized carbons (Fsp3) is 0.278. The summed E-state index contributed by atoms with van der Waals surface area (Å²) >= 11 is 0. The summed E-state index contributed by atoms with van der Waals surface area (Å²) < 4.78 is 5.52. The van der Waals surface area contributed by atoms with Gasteiger partial charge in [-0.3, -0.25) is 4.79 Å². The summed E-state index contributed by atoms with van der Waals surface area (Å²) in [6, 6.07) is 18.4. The van der Waals surface area contributed by atoms with Crippen molar-refractivity contribution < 1.29 is 9.53 Å². The van der Waals surface area contributed by atoms with Crippen LogP contribution in [0.25, 0.3) is 0 Å². The van der Waals surface area contributed by atoms with Gasteiger partial charge in [-0.1, -0.05) is 42.5 Å². The van der Waals surface area contributed by atoms with Crippen molar-refractivity contribution in [2.24, 2.45) is 5.92 Å². The monoisotopic (exact) mass is 266 g/mol. The zero-order valence-electron chi connectivity index (χ0n) is 11.4. The summed E-state index contributed by atoms with van der Waals surface area (Å²) in [6.45, 7) is 0.211. The lowest BCUT2D eigenvalue weighted by Crippen LogP contribution is -2.12. The Labute approximate surface area is 119 Å². The SMILES string of the molecule is O=C(COc1ccc(Cc2ccccc2)cc1)C1CC1. The normalized spacial score (nSPS) is 14.0. The molecule has 1 aliphatic rings. The van der Waals surface area contributed by atoms with Crippen molar-refractivity contribution in [1.82, 2.24) is 0 Å². The first-order chi connectivity index (χ1) is 9.81. The number of Topliss-reactive ketones (excluding diaryl/α,β-unsaturated/α-hetero) is 1. The van der Waals surface area contributed by atoms with Crippen LogP contribution < -0.4 is 4.74 Å². The lowest BCUT2D eigenvalue weighted by molar-refractivity contribution is -0.122. The molecule has 0 heterocycles. The van der Waals surface area contributed by atoms with Crippen LogP contribution in [0.2, 0.25) is 0 Å². The fourth-order valence-corrected chi connectivity index (χ4v) is 2.21. The molecule has 0 aromatic heterocycles. The predicted molar refractivity (Wildman–Crippen MR) is 78.9 cm³/mol. The van der Waals surface area contributed by atoms with Crippen LogP contribution in [0.5, 0.6) is 5.75 Å². The fourth-order valence-electron chi connectivity index (χ4n) is 2.21. The summed E-state index contributed by atoms with van der Waals surface area (Å²) in [4.78, 5) is 11.6. The van der Waals surface area contributed by atoms with E-state index in [1.165, 1.54) is 11.1 Å². The lowest BCUT2D eigenvalue weighted by Gasteiger charge is -2.06. The Kier molecular flexibility index (Phi) is 3.82. The largest absolute Gasteiger partial charge is 0.486 e. The van der Waals surface area contributed by atoms with Crippen molar-refractivity contribution >= 4 is 5.78 Å². The quantitative estimate of drug-likeness (QED) is 0.798. The zero-order valence-corrected chi connectivity index (χ0v) is 11.4. The van der Waals surface area contributed by atoms with Gasteiger partial charge in [-0.25, -0.2) is 0 Å². The number of carbonyl (C=O) groups excluding carboxylic acids is 1. The minimum Gasteiger partial charge on any atom is -0.486 e. The highest BCUT2D eigenvalue weighted by Crippen LogP contribution is 2.29. The third-order valence-electron chi connectivity index (χ3n) is 3.59. The number of carbonyl (C=O) groups is 1. The highest BCUT2D eigenvalue weighted by atomic mass is 16.5. The van der Waals surface area contributed by atoms with Crippen LogP contribution in [0.3, 0.4) is 0 Å². The van der Waals surface area contributed by atoms with Crippen LogP contribution in [-0.4, -0.2) is 12.4 Å². The molecule has 0 aliphatic heterocycles. The third kappa shape index (κ3) is 3.47. The first kappa shape index (κ1) is 12.9. The Bertz CT molecular complexity index is 568. The summed E-state index contributed by atoms with van der Waals surface area (Å²) in [5, 5.41) is 0. The second-order valence-corrected chi connectivity index (χ2v) is 5.34. The number of hydrogen-bond donors (Lipinski definition) is 0. The van der Waals surface area contributed by atoms with E-state index in [0.717, 1.165) is 25.0 Å². The molecule has 0 saturated heterocycles. The van der Waals surface area contributed by atoms with Crippen molar-refractivity contribution in [3.63, 3.8) is 0 Å². The molecule has 0 bridgehead atoms. The van der Waals surface area contributed by atoms with Crippen molar-refractivity contribution in [2.75, 3.05) is 6.61 Å². The van der Waals surface area contributed by atoms with Gasteiger partial charge in [0.25, 0.3) is 0 Å². The molecular formula is C18H18O2. The number of rotatable bonds is 6. The number of ether oxygens (including phenoxy) is 1. The van der Waals surface area contributed by atoms with Gasteiger partial charge in [0.2, 0.25) is 0 Å². The predicted octanol–water partition coefficient (Wildman–Crippen LogP) is 3.64. The molecule has 2 nitrogen and oxygen atoms in total. The second-order valence-electron chi connectivity index (χ2n) is 5.34. The maximum atomic E-state index is 11.6. The molecule has 0 atom stereocenters. The number of benzene rings is 2. The third-order valence-corrected chi connectivity index (χ3v) is 3.59. The van der Waals surface area contributed by atoms with E-state index >= 15 is 0 Å². The lowest BCUT2D eigenvalue weighted by atomic mass is 10.1. The molecule has 0 N–H and O–H groups in total. The van der Waals surface area contributed by atoms with Crippen molar-refractivity contribution in [3.8, 4) is 5.75 Å². The molecule has 20 heavy (non-hydrogen) atoms. The van der Waals surface area contributed by atoms with E-state index in [1.807, 2.05) is 18.2 Å². The van der Waals surface area contributed by atoms with Gasteiger partial charge in [0, 0.05) is 5.92 Å². The summed E-state index contributed by atoms with van der Waals surface area (Å²) in [5.74, 6) is 1.28. The Balaban J connectivity index is 1.55. The molecule has 0 amide bonds. The van der Waals surface area contributed by atoms with E-state index < -0.39 is 0 Å². The van der Waals surface area contributed by atoms with Crippen LogP contribution in [0, 0.1) is 5.92 Å². The van der Waals surface area contributed by atoms with Crippen LogP contribution in [0.15, 0.2) is 54.6 Å². The van der Waals surface area contributed by atoms with Gasteiger partial charge >= 0.3 is 0 Å². The Hall–Kier alpha value is -2.09. The number of hydrogen-bond acceptors (Lipinski definition) is 2. The molecular weight excluding hydrogens is 248 g/mol. The maximum Gasteiger partial charge on any atom is 0.173 e. The van der Waals surface area contributed by atoms with Gasteiger partial charge < -0.3 is 4.74 Å². The Morgan fingerprint density at radius 2 is 1.60 bits per heavy atom. The molecule has 1 fully saturated rings. The summed E-state index contributed by atoms with van der Waals surface area (Å²) in [7, 11) is 0. The maximum absolute atomic E-state index is 11.6. The smallest absolute Gasteiger partial charge is 0.173 e. The first-order valence-electron chi connectivity index (χ1n) is 7.09. The minimum atomic E-state index is 0.211.